The molecule has 0 amide bonds. The van der Waals surface area contributed by atoms with E-state index in [-0.39, 0.29) is 11.7 Å². The lowest BCUT2D eigenvalue weighted by Crippen LogP contribution is -2.52. The molecular formula is C12H25NO4S. The Labute approximate surface area is 110 Å². The number of likely N-dealkylation sites (tertiary alicyclic amines) is 1. The van der Waals surface area contributed by atoms with Crippen molar-refractivity contribution in [3.63, 3.8) is 0 Å². The van der Waals surface area contributed by atoms with Crippen molar-refractivity contribution in [2.24, 2.45) is 5.92 Å². The van der Waals surface area contributed by atoms with Crippen LogP contribution in [0.15, 0.2) is 0 Å². The average molecular weight is 279 g/mol. The molecule has 18 heavy (non-hydrogen) atoms. The molecule has 5 nitrogen and oxygen atoms in total. The maximum absolute atomic E-state index is 11.1. The monoisotopic (exact) mass is 279 g/mol. The molecule has 0 aromatic rings. The van der Waals surface area contributed by atoms with Gasteiger partial charge in [-0.3, -0.25) is 0 Å². The molecule has 0 radical (unpaired) electrons. The second-order valence-corrected chi connectivity index (χ2v) is 7.69. The Morgan fingerprint density at radius 3 is 2.67 bits per heavy atom. The van der Waals surface area contributed by atoms with E-state index in [1.54, 1.807) is 7.11 Å². The lowest BCUT2D eigenvalue weighted by molar-refractivity contribution is -0.0801. The van der Waals surface area contributed by atoms with Crippen LogP contribution in [-0.2, 0) is 14.6 Å². The maximum atomic E-state index is 11.1. The predicted octanol–water partition coefficient (Wildman–Crippen LogP) is 0.140. The van der Waals surface area contributed by atoms with Gasteiger partial charge >= 0.3 is 0 Å². The lowest BCUT2D eigenvalue weighted by Gasteiger charge is -2.43. The van der Waals surface area contributed by atoms with Crippen LogP contribution >= 0.6 is 0 Å². The number of nitrogens with zero attached hydrogens (tertiary/aromatic N) is 1. The predicted molar refractivity (Wildman–Crippen MR) is 71.4 cm³/mol. The minimum absolute atomic E-state index is 0.140. The fourth-order valence-corrected chi connectivity index (χ4v) is 2.98. The summed E-state index contributed by atoms with van der Waals surface area (Å²) in [5.74, 6) is 0.330. The maximum Gasteiger partial charge on any atom is 0.148 e. The average Bonchev–Trinajstić information content (AvgIpc) is 2.27. The van der Waals surface area contributed by atoms with E-state index in [1.165, 1.54) is 6.26 Å². The quantitative estimate of drug-likeness (QED) is 0.749. The van der Waals surface area contributed by atoms with Crippen LogP contribution in [0.4, 0.5) is 0 Å². The fourth-order valence-electron chi connectivity index (χ4n) is 2.39. The summed E-state index contributed by atoms with van der Waals surface area (Å²) in [4.78, 5) is 2.12. The molecule has 0 saturated carbocycles. The molecule has 1 saturated heterocycles. The molecule has 6 heteroatoms. The Morgan fingerprint density at radius 1 is 1.50 bits per heavy atom. The van der Waals surface area contributed by atoms with Crippen LogP contribution in [0.3, 0.4) is 0 Å². The van der Waals surface area contributed by atoms with Gasteiger partial charge in [0.2, 0.25) is 0 Å². The molecule has 1 aliphatic heterocycles. The minimum Gasteiger partial charge on any atom is -0.389 e. The van der Waals surface area contributed by atoms with E-state index in [9.17, 15) is 13.5 Å². The topological polar surface area (TPSA) is 66.8 Å². The van der Waals surface area contributed by atoms with Gasteiger partial charge in [-0.05, 0) is 18.8 Å². The summed E-state index contributed by atoms with van der Waals surface area (Å²) >= 11 is 0. The van der Waals surface area contributed by atoms with Gasteiger partial charge < -0.3 is 14.7 Å². The molecule has 1 rings (SSSR count). The van der Waals surface area contributed by atoms with E-state index in [4.69, 9.17) is 4.74 Å². The van der Waals surface area contributed by atoms with Gasteiger partial charge in [-0.15, -0.1) is 0 Å². The van der Waals surface area contributed by atoms with E-state index in [1.807, 2.05) is 6.92 Å². The van der Waals surface area contributed by atoms with Gasteiger partial charge in [0.15, 0.2) is 0 Å². The van der Waals surface area contributed by atoms with Crippen LogP contribution in [-0.4, -0.2) is 69.4 Å². The molecule has 108 valence electrons. The van der Waals surface area contributed by atoms with Gasteiger partial charge in [0.05, 0.1) is 11.4 Å². The first-order valence-corrected chi connectivity index (χ1v) is 8.44. The summed E-state index contributed by atoms with van der Waals surface area (Å²) in [6, 6.07) is 0. The Hall–Kier alpha value is -0.170. The SMILES string of the molecule is COCC[C@@]1(O)CCN(CCS(C)(=O)=O)C[C@@H]1C. The molecule has 0 spiro atoms. The molecule has 1 N–H and O–H groups in total. The Bertz CT molecular complexity index is 357. The molecule has 0 aromatic heterocycles. The number of sulfone groups is 1. The summed E-state index contributed by atoms with van der Waals surface area (Å²) in [5.41, 5.74) is -0.669. The molecule has 0 bridgehead atoms. The zero-order valence-corrected chi connectivity index (χ0v) is 12.4. The summed E-state index contributed by atoms with van der Waals surface area (Å²) in [5, 5.41) is 10.5. The molecule has 1 heterocycles. The summed E-state index contributed by atoms with van der Waals surface area (Å²) in [6.45, 7) is 4.63. The Kier molecular flexibility index (Phi) is 5.58. The highest BCUT2D eigenvalue weighted by Gasteiger charge is 2.38. The van der Waals surface area contributed by atoms with Crippen LogP contribution < -0.4 is 0 Å². The summed E-state index contributed by atoms with van der Waals surface area (Å²) in [7, 11) is -1.27. The number of hydrogen-bond donors (Lipinski definition) is 1. The van der Waals surface area contributed by atoms with Gasteiger partial charge in [0, 0.05) is 39.6 Å². The highest BCUT2D eigenvalue weighted by Crippen LogP contribution is 2.30. The third-order valence-corrected chi connectivity index (χ3v) is 4.75. The van der Waals surface area contributed by atoms with Crippen molar-refractivity contribution < 1.29 is 18.3 Å². The zero-order chi connectivity index (χ0) is 13.8. The van der Waals surface area contributed by atoms with Gasteiger partial charge in [0.25, 0.3) is 0 Å². The molecule has 1 fully saturated rings. The Morgan fingerprint density at radius 2 is 2.17 bits per heavy atom. The largest absolute Gasteiger partial charge is 0.389 e. The molecule has 2 atom stereocenters. The van der Waals surface area contributed by atoms with Crippen LogP contribution in [0.5, 0.6) is 0 Å². The summed E-state index contributed by atoms with van der Waals surface area (Å²) in [6.07, 6.45) is 2.58. The van der Waals surface area contributed by atoms with Crippen LogP contribution in [0.1, 0.15) is 19.8 Å². The number of hydrogen-bond acceptors (Lipinski definition) is 5. The second-order valence-electron chi connectivity index (χ2n) is 5.43. The van der Waals surface area contributed by atoms with Crippen molar-refractivity contribution in [1.82, 2.24) is 4.90 Å². The number of rotatable bonds is 6. The Balaban J connectivity index is 2.45. The first-order chi connectivity index (χ1) is 8.27. The van der Waals surface area contributed by atoms with Crippen molar-refractivity contribution in [1.29, 1.82) is 0 Å². The smallest absolute Gasteiger partial charge is 0.148 e. The van der Waals surface area contributed by atoms with E-state index in [0.29, 0.717) is 26.0 Å². The van der Waals surface area contributed by atoms with Gasteiger partial charge in [-0.25, -0.2) is 8.42 Å². The van der Waals surface area contributed by atoms with Crippen LogP contribution in [0.2, 0.25) is 0 Å². The molecule has 1 aliphatic rings. The zero-order valence-electron chi connectivity index (χ0n) is 11.6. The van der Waals surface area contributed by atoms with Crippen LogP contribution in [0.25, 0.3) is 0 Å². The fraction of sp³-hybridized carbons (Fsp3) is 1.00. The van der Waals surface area contributed by atoms with E-state index in [2.05, 4.69) is 4.90 Å². The van der Waals surface area contributed by atoms with Crippen LogP contribution in [0, 0.1) is 5.92 Å². The number of ether oxygens (including phenoxy) is 1. The van der Waals surface area contributed by atoms with E-state index < -0.39 is 15.4 Å². The second kappa shape index (κ2) is 6.32. The highest BCUT2D eigenvalue weighted by molar-refractivity contribution is 7.90. The van der Waals surface area contributed by atoms with Crippen molar-refractivity contribution in [3.05, 3.63) is 0 Å². The number of piperidine rings is 1. The number of aliphatic hydroxyl groups is 1. The third-order valence-electron chi connectivity index (χ3n) is 3.83. The number of methoxy groups -OCH3 is 1. The first kappa shape index (κ1) is 15.9. The molecular weight excluding hydrogens is 254 g/mol. The highest BCUT2D eigenvalue weighted by atomic mass is 32.2. The van der Waals surface area contributed by atoms with Crippen molar-refractivity contribution >= 4 is 9.84 Å². The molecule has 0 unspecified atom stereocenters. The first-order valence-electron chi connectivity index (χ1n) is 6.38. The summed E-state index contributed by atoms with van der Waals surface area (Å²) < 4.78 is 27.3. The molecule has 0 aromatic carbocycles. The van der Waals surface area contributed by atoms with E-state index >= 15 is 0 Å². The van der Waals surface area contributed by atoms with Crippen molar-refractivity contribution in [2.75, 3.05) is 45.4 Å². The third kappa shape index (κ3) is 4.84. The van der Waals surface area contributed by atoms with Gasteiger partial charge in [-0.1, -0.05) is 6.92 Å². The van der Waals surface area contributed by atoms with Crippen molar-refractivity contribution in [2.45, 2.75) is 25.4 Å². The lowest BCUT2D eigenvalue weighted by atomic mass is 9.80. The van der Waals surface area contributed by atoms with Gasteiger partial charge in [-0.2, -0.15) is 0 Å². The molecule has 0 aliphatic carbocycles. The minimum atomic E-state index is -2.91. The van der Waals surface area contributed by atoms with Crippen molar-refractivity contribution in [3.8, 4) is 0 Å². The van der Waals surface area contributed by atoms with E-state index in [0.717, 1.165) is 13.1 Å². The normalized spacial score (nSPS) is 30.6. The standard InChI is InChI=1S/C12H25NO4S/c1-11-10-13(7-9-18(3,15)16)6-4-12(11,14)5-8-17-2/h11,14H,4-10H2,1-3H3/t11-,12-/m0/s1. The van der Waals surface area contributed by atoms with Gasteiger partial charge in [0.1, 0.15) is 9.84 Å².